The molecule has 0 aliphatic carbocycles. The molecule has 1 atom stereocenters. The smallest absolute Gasteiger partial charge is 0.338 e. The van der Waals surface area contributed by atoms with Crippen LogP contribution in [0, 0.1) is 0 Å². The van der Waals surface area contributed by atoms with Gasteiger partial charge in [0.2, 0.25) is 0 Å². The van der Waals surface area contributed by atoms with E-state index < -0.39 is 18.0 Å². The van der Waals surface area contributed by atoms with E-state index in [0.717, 1.165) is 5.56 Å². The second-order valence-electron chi connectivity index (χ2n) is 7.90. The van der Waals surface area contributed by atoms with Crippen molar-refractivity contribution in [2.24, 2.45) is 4.99 Å². The van der Waals surface area contributed by atoms with E-state index >= 15 is 0 Å². The van der Waals surface area contributed by atoms with Crippen molar-refractivity contribution in [3.8, 4) is 11.5 Å². The van der Waals surface area contributed by atoms with Crippen molar-refractivity contribution in [1.29, 1.82) is 0 Å². The summed E-state index contributed by atoms with van der Waals surface area (Å²) in [6, 6.07) is 13.3. The van der Waals surface area contributed by atoms with E-state index in [1.54, 1.807) is 56.5 Å². The number of carbonyl (C=O) groups excluding carboxylic acids is 2. The Hall–Kier alpha value is -4.24. The topological polar surface area (TPSA) is 96.2 Å². The van der Waals surface area contributed by atoms with Gasteiger partial charge in [0.05, 0.1) is 29.0 Å². The van der Waals surface area contributed by atoms with Gasteiger partial charge in [0.15, 0.2) is 4.80 Å². The van der Waals surface area contributed by atoms with Crippen LogP contribution in [-0.4, -0.2) is 30.2 Å². The minimum Gasteiger partial charge on any atom is -0.497 e. The first-order valence-corrected chi connectivity index (χ1v) is 11.9. The summed E-state index contributed by atoms with van der Waals surface area (Å²) in [6.07, 6.45) is 3.22. The molecule has 0 bridgehead atoms. The number of allylic oxidation sites excluding steroid dienone is 1. The van der Waals surface area contributed by atoms with E-state index in [4.69, 9.17) is 14.2 Å². The molecule has 0 fully saturated rings. The van der Waals surface area contributed by atoms with Crippen LogP contribution in [0.5, 0.6) is 11.5 Å². The Labute approximate surface area is 211 Å². The van der Waals surface area contributed by atoms with E-state index in [9.17, 15) is 14.4 Å². The number of methoxy groups -OCH3 is 1. The van der Waals surface area contributed by atoms with Crippen molar-refractivity contribution < 1.29 is 23.8 Å². The van der Waals surface area contributed by atoms with Gasteiger partial charge in [-0.1, -0.05) is 48.3 Å². The fourth-order valence-electron chi connectivity index (χ4n) is 3.85. The SMILES string of the molecule is C=CCOC(=O)C1=C(C)N=c2s/c(=C/c3ccc(OC(C)=O)cc3)c(=O)n2[C@H]1c1ccc(OC)cc1. The van der Waals surface area contributed by atoms with Crippen molar-refractivity contribution >= 4 is 29.4 Å². The molecule has 2 heterocycles. The number of hydrogen-bond donors (Lipinski definition) is 0. The molecule has 9 heteroatoms. The largest absolute Gasteiger partial charge is 0.497 e. The average Bonchev–Trinajstić information content (AvgIpc) is 3.16. The van der Waals surface area contributed by atoms with Crippen LogP contribution < -0.4 is 24.4 Å². The standard InChI is InChI=1S/C27H24N2O6S/c1-5-14-34-26(32)23-16(2)28-27-29(24(23)19-8-12-20(33-4)13-9-19)25(31)22(36-27)15-18-6-10-21(11-7-18)35-17(3)30/h5-13,15,24H,1,14H2,2-4H3/b22-15+/t24-/m0/s1. The molecule has 0 saturated heterocycles. The number of benzene rings is 2. The molecule has 1 aliphatic rings. The first-order chi connectivity index (χ1) is 17.3. The Kier molecular flexibility index (Phi) is 7.30. The molecule has 0 spiro atoms. The lowest BCUT2D eigenvalue weighted by Gasteiger charge is -2.24. The fraction of sp³-hybridized carbons (Fsp3) is 0.185. The highest BCUT2D eigenvalue weighted by atomic mass is 32.1. The molecule has 1 aromatic heterocycles. The monoisotopic (exact) mass is 504 g/mol. The number of rotatable bonds is 7. The van der Waals surface area contributed by atoms with Crippen LogP contribution in [0.1, 0.15) is 31.0 Å². The van der Waals surface area contributed by atoms with E-state index in [1.807, 2.05) is 12.1 Å². The number of nitrogens with zero attached hydrogens (tertiary/aromatic N) is 2. The van der Waals surface area contributed by atoms with Gasteiger partial charge in [-0.15, -0.1) is 0 Å². The summed E-state index contributed by atoms with van der Waals surface area (Å²) in [5.41, 5.74) is 1.94. The maximum Gasteiger partial charge on any atom is 0.338 e. The third-order valence-electron chi connectivity index (χ3n) is 5.44. The normalized spacial score (nSPS) is 15.1. The minimum atomic E-state index is -0.724. The first kappa shape index (κ1) is 24.9. The van der Waals surface area contributed by atoms with Crippen LogP contribution in [0.15, 0.2) is 82.2 Å². The Morgan fingerprint density at radius 3 is 2.39 bits per heavy atom. The zero-order chi connectivity index (χ0) is 25.8. The van der Waals surface area contributed by atoms with Gasteiger partial charge < -0.3 is 14.2 Å². The lowest BCUT2D eigenvalue weighted by Crippen LogP contribution is -2.39. The summed E-state index contributed by atoms with van der Waals surface area (Å²) < 4.78 is 17.6. The number of esters is 2. The Morgan fingerprint density at radius 2 is 1.78 bits per heavy atom. The number of fused-ring (bicyclic) bond motifs is 1. The van der Waals surface area contributed by atoms with E-state index in [0.29, 0.717) is 32.1 Å². The molecule has 4 rings (SSSR count). The van der Waals surface area contributed by atoms with E-state index in [2.05, 4.69) is 11.6 Å². The molecule has 0 saturated carbocycles. The number of thiazole rings is 1. The van der Waals surface area contributed by atoms with Crippen molar-refractivity contribution in [3.63, 3.8) is 0 Å². The second kappa shape index (κ2) is 10.6. The van der Waals surface area contributed by atoms with Crippen LogP contribution in [0.2, 0.25) is 0 Å². The zero-order valence-corrected chi connectivity index (χ0v) is 20.8. The number of aromatic nitrogens is 1. The summed E-state index contributed by atoms with van der Waals surface area (Å²) >= 11 is 1.23. The second-order valence-corrected chi connectivity index (χ2v) is 8.91. The fourth-order valence-corrected chi connectivity index (χ4v) is 4.89. The Morgan fingerprint density at radius 1 is 1.11 bits per heavy atom. The average molecular weight is 505 g/mol. The van der Waals surface area contributed by atoms with Gasteiger partial charge in [-0.25, -0.2) is 9.79 Å². The summed E-state index contributed by atoms with van der Waals surface area (Å²) in [6.45, 7) is 6.69. The molecule has 0 N–H and O–H groups in total. The Bertz CT molecular complexity index is 1530. The van der Waals surface area contributed by atoms with E-state index in [-0.39, 0.29) is 17.7 Å². The predicted octanol–water partition coefficient (Wildman–Crippen LogP) is 2.90. The minimum absolute atomic E-state index is 0.0404. The maximum absolute atomic E-state index is 13.6. The van der Waals surface area contributed by atoms with Gasteiger partial charge in [0.25, 0.3) is 5.56 Å². The lowest BCUT2D eigenvalue weighted by molar-refractivity contribution is -0.138. The van der Waals surface area contributed by atoms with Gasteiger partial charge >= 0.3 is 11.9 Å². The van der Waals surface area contributed by atoms with Gasteiger partial charge in [0, 0.05) is 6.92 Å². The third kappa shape index (κ3) is 5.06. The summed E-state index contributed by atoms with van der Waals surface area (Å²) in [7, 11) is 1.57. The molecule has 36 heavy (non-hydrogen) atoms. The predicted molar refractivity (Wildman–Crippen MR) is 136 cm³/mol. The van der Waals surface area contributed by atoms with Crippen molar-refractivity contribution in [2.75, 3.05) is 13.7 Å². The molecular formula is C27H24N2O6S. The molecule has 8 nitrogen and oxygen atoms in total. The maximum atomic E-state index is 13.6. The van der Waals surface area contributed by atoms with Crippen LogP contribution >= 0.6 is 11.3 Å². The van der Waals surface area contributed by atoms with Gasteiger partial charge in [-0.2, -0.15) is 0 Å². The third-order valence-corrected chi connectivity index (χ3v) is 6.43. The molecular weight excluding hydrogens is 480 g/mol. The van der Waals surface area contributed by atoms with Gasteiger partial charge in [0.1, 0.15) is 18.1 Å². The van der Waals surface area contributed by atoms with Crippen molar-refractivity contribution in [3.05, 3.63) is 103 Å². The van der Waals surface area contributed by atoms with Crippen LogP contribution in [0.4, 0.5) is 0 Å². The molecule has 184 valence electrons. The van der Waals surface area contributed by atoms with Crippen LogP contribution in [0.25, 0.3) is 6.08 Å². The Balaban J connectivity index is 1.84. The molecule has 3 aromatic rings. The number of ether oxygens (including phenoxy) is 3. The van der Waals surface area contributed by atoms with Crippen molar-refractivity contribution in [2.45, 2.75) is 19.9 Å². The quantitative estimate of drug-likeness (QED) is 0.279. The highest BCUT2D eigenvalue weighted by molar-refractivity contribution is 7.07. The zero-order valence-electron chi connectivity index (χ0n) is 20.0. The highest BCUT2D eigenvalue weighted by Crippen LogP contribution is 2.31. The number of hydrogen-bond acceptors (Lipinski definition) is 8. The van der Waals surface area contributed by atoms with Crippen LogP contribution in [0.3, 0.4) is 0 Å². The van der Waals surface area contributed by atoms with Gasteiger partial charge in [-0.3, -0.25) is 14.2 Å². The summed E-state index contributed by atoms with van der Waals surface area (Å²) in [5.74, 6) is 0.0958. The summed E-state index contributed by atoms with van der Waals surface area (Å²) in [4.78, 5) is 42.9. The molecule has 0 radical (unpaired) electrons. The molecule has 0 unspecified atom stereocenters. The van der Waals surface area contributed by atoms with Gasteiger partial charge in [-0.05, 0) is 48.4 Å². The van der Waals surface area contributed by atoms with Crippen molar-refractivity contribution in [1.82, 2.24) is 4.57 Å². The van der Waals surface area contributed by atoms with Crippen LogP contribution in [-0.2, 0) is 14.3 Å². The molecule has 0 amide bonds. The molecule has 1 aliphatic heterocycles. The molecule has 2 aromatic carbocycles. The summed E-state index contributed by atoms with van der Waals surface area (Å²) in [5, 5.41) is 0. The lowest BCUT2D eigenvalue weighted by atomic mass is 9.96. The number of carbonyl (C=O) groups is 2. The first-order valence-electron chi connectivity index (χ1n) is 11.1. The van der Waals surface area contributed by atoms with E-state index in [1.165, 1.54) is 28.9 Å². The highest BCUT2D eigenvalue weighted by Gasteiger charge is 2.33.